The van der Waals surface area contributed by atoms with E-state index in [9.17, 15) is 0 Å². The highest BCUT2D eigenvalue weighted by Gasteiger charge is 2.70. The lowest BCUT2D eigenvalue weighted by Crippen LogP contribution is -2.71. The average molecular weight is 993 g/mol. The molecule has 0 saturated heterocycles. The van der Waals surface area contributed by atoms with Gasteiger partial charge < -0.3 is 19.6 Å². The molecule has 0 N–H and O–H groups in total. The summed E-state index contributed by atoms with van der Waals surface area (Å²) in [5, 5.41) is 4.31. The van der Waals surface area contributed by atoms with Gasteiger partial charge in [-0.1, -0.05) is 117 Å². The molecule has 12 heteroatoms. The fourth-order valence-electron chi connectivity index (χ4n) is 15.4. The molecule has 0 radical (unpaired) electrons. The highest BCUT2D eigenvalue weighted by Crippen LogP contribution is 2.57. The molecule has 12 heterocycles. The van der Waals surface area contributed by atoms with Crippen molar-refractivity contribution in [2.45, 2.75) is 31.6 Å². The molecular weight excluding hydrogens is 949 g/mol. The van der Waals surface area contributed by atoms with Gasteiger partial charge in [0.1, 0.15) is 0 Å². The van der Waals surface area contributed by atoms with E-state index in [1.807, 2.05) is 0 Å². The Morgan fingerprint density at radius 1 is 0.338 bits per heavy atom. The fourth-order valence-corrected chi connectivity index (χ4v) is 15.4. The predicted octanol–water partition coefficient (Wildman–Crippen LogP) is 10.5. The molecule has 12 nitrogen and oxygen atoms in total. The van der Waals surface area contributed by atoms with Crippen molar-refractivity contribution >= 4 is 102 Å². The Balaban J connectivity index is 0.975. The van der Waals surface area contributed by atoms with Crippen LogP contribution >= 0.6 is 0 Å². The number of amidine groups is 4. The molecule has 0 aliphatic carbocycles. The van der Waals surface area contributed by atoms with Crippen LogP contribution in [0.2, 0.25) is 0 Å². The minimum absolute atomic E-state index is 0.873. The summed E-state index contributed by atoms with van der Waals surface area (Å²) in [5.74, 6) is 4.06. The Kier molecular flexibility index (Phi) is 7.01. The number of nitrogens with zero attached hydrogens (tertiary/aromatic N) is 12. The van der Waals surface area contributed by atoms with E-state index in [-0.39, 0.29) is 0 Å². The first-order valence-electron chi connectivity index (χ1n) is 27.2. The molecule has 77 heavy (non-hydrogen) atoms. The highest BCUT2D eigenvalue weighted by atomic mass is 15.7. The first kappa shape index (κ1) is 39.7. The summed E-state index contributed by atoms with van der Waals surface area (Å²) < 4.78 is 9.96. The summed E-state index contributed by atoms with van der Waals surface area (Å²) in [6.07, 6.45) is 3.88. The van der Waals surface area contributed by atoms with Crippen molar-refractivity contribution in [1.29, 1.82) is 0 Å². The third-order valence-corrected chi connectivity index (χ3v) is 18.5. The van der Waals surface area contributed by atoms with Crippen LogP contribution in [-0.4, -0.2) is 67.8 Å². The van der Waals surface area contributed by atoms with Crippen LogP contribution in [0.4, 0.5) is 57.1 Å². The van der Waals surface area contributed by atoms with Crippen LogP contribution in [0, 0.1) is 0 Å². The third kappa shape index (κ3) is 4.52. The van der Waals surface area contributed by atoms with Crippen LogP contribution in [0.25, 0.3) is 21.5 Å². The standard InChI is InChI=1S/C65H44N12/c1-5-21-45-37(13-1)29-33-70(45)49-25-9-17-41-53(49)61-66-58-42-18-10-26-50(71-34-30-38-14-2-6-22-46(38)71)54(42)63-68-60-44-20-12-28-52(73-36-32-40-16-4-8-24-48(40)73)56(44)64-69-59-43-19-11-27-51(72-35-31-39-15-3-7-23-47(39)72)55(43)62-67-57(41)74(61)65(75(58)63,76(59)62)77(60)64/h1-28H,29-36H2/q+2. The van der Waals surface area contributed by atoms with Crippen molar-refractivity contribution in [3.63, 3.8) is 0 Å². The molecule has 20 rings (SSSR count). The van der Waals surface area contributed by atoms with Gasteiger partial charge in [-0.05, 0) is 121 Å². The predicted molar refractivity (Wildman–Crippen MR) is 302 cm³/mol. The topological polar surface area (TPSA) is 78.3 Å². The largest absolute Gasteiger partial charge is 0.404 e. The molecule has 2 aromatic heterocycles. The monoisotopic (exact) mass is 992 g/mol. The zero-order chi connectivity index (χ0) is 49.6. The second-order valence-corrected chi connectivity index (χ2v) is 21.9. The van der Waals surface area contributed by atoms with Gasteiger partial charge in [0.25, 0.3) is 23.3 Å². The van der Waals surface area contributed by atoms with Gasteiger partial charge >= 0.3 is 5.91 Å². The summed E-state index contributed by atoms with van der Waals surface area (Å²) >= 11 is 0. The molecule has 1 unspecified atom stereocenters. The number of aliphatic imine (C=N–C) groups is 2. The number of anilines is 8. The molecule has 10 aliphatic rings. The maximum absolute atomic E-state index is 6.07. The Bertz CT molecular complexity index is 4810. The maximum atomic E-state index is 6.07. The van der Waals surface area contributed by atoms with Crippen LogP contribution in [0.15, 0.2) is 190 Å². The number of benzene rings is 8. The van der Waals surface area contributed by atoms with Crippen molar-refractivity contribution in [2.24, 2.45) is 20.0 Å². The fraction of sp³-hybridized carbons (Fsp3) is 0.138. The lowest BCUT2D eigenvalue weighted by molar-refractivity contribution is -0.790. The smallest absolute Gasteiger partial charge is 0.340 e. The zero-order valence-corrected chi connectivity index (χ0v) is 41.7. The SMILES string of the molecule is c1ccc2c(c1)CCN2c1cccc2c1C1=Nc3c4cccc(N5CCc6ccccc65)c4c4n3C35n6c(c7cccc(N8CCc9ccccc98)c7c6=NC2=[N+]13)=NC1=[N+]5C(=N4)c2cccc(N3CCc4ccccc43)c21. The summed E-state index contributed by atoms with van der Waals surface area (Å²) in [5.41, 5.74) is 21.0. The van der Waals surface area contributed by atoms with E-state index in [0.29, 0.717) is 0 Å². The lowest BCUT2D eigenvalue weighted by Gasteiger charge is -2.40. The molecule has 0 bridgehead atoms. The van der Waals surface area contributed by atoms with Crippen LogP contribution in [0.1, 0.15) is 44.5 Å². The summed E-state index contributed by atoms with van der Waals surface area (Å²) in [6, 6.07) is 62.8. The van der Waals surface area contributed by atoms with Crippen LogP contribution in [-0.2, 0) is 31.6 Å². The van der Waals surface area contributed by atoms with Gasteiger partial charge in [-0.2, -0.15) is 9.13 Å². The van der Waals surface area contributed by atoms with Crippen molar-refractivity contribution in [3.05, 3.63) is 225 Å². The molecule has 0 fully saturated rings. The highest BCUT2D eigenvalue weighted by molar-refractivity contribution is 6.24. The minimum atomic E-state index is -1.20. The van der Waals surface area contributed by atoms with E-state index < -0.39 is 5.91 Å². The molecule has 10 aromatic rings. The van der Waals surface area contributed by atoms with Gasteiger partial charge in [0.2, 0.25) is 22.6 Å². The number of hydrogen-bond acceptors (Lipinski definition) is 8. The van der Waals surface area contributed by atoms with Gasteiger partial charge in [0, 0.05) is 59.7 Å². The second-order valence-electron chi connectivity index (χ2n) is 21.9. The van der Waals surface area contributed by atoms with Crippen LogP contribution < -0.4 is 30.6 Å². The second kappa shape index (κ2) is 13.6. The Labute approximate surface area is 441 Å². The molecule has 10 aliphatic heterocycles. The van der Waals surface area contributed by atoms with E-state index >= 15 is 0 Å². The van der Waals surface area contributed by atoms with Crippen molar-refractivity contribution in [3.8, 4) is 0 Å². The summed E-state index contributed by atoms with van der Waals surface area (Å²) in [6.45, 7) is 3.49. The average Bonchev–Trinajstić information content (AvgIpc) is 4.06. The van der Waals surface area contributed by atoms with Gasteiger partial charge in [-0.25, -0.2) is 0 Å². The van der Waals surface area contributed by atoms with Crippen molar-refractivity contribution < 1.29 is 9.15 Å². The first-order valence-corrected chi connectivity index (χ1v) is 27.2. The van der Waals surface area contributed by atoms with E-state index in [4.69, 9.17) is 20.0 Å². The number of fused-ring (bicyclic) bond motifs is 16. The normalized spacial score (nSPS) is 19.5. The molecule has 8 aromatic carbocycles. The zero-order valence-electron chi connectivity index (χ0n) is 41.7. The Morgan fingerprint density at radius 3 is 1.40 bits per heavy atom. The number of aromatic nitrogens is 2. The maximum Gasteiger partial charge on any atom is 0.404 e. The van der Waals surface area contributed by atoms with Gasteiger partial charge in [-0.15, -0.1) is 9.15 Å². The molecule has 1 spiro atoms. The molecule has 362 valence electrons. The van der Waals surface area contributed by atoms with Gasteiger partial charge in [-0.3, -0.25) is 0 Å². The minimum Gasteiger partial charge on any atom is -0.340 e. The Morgan fingerprint density at radius 2 is 0.792 bits per heavy atom. The molecule has 0 saturated carbocycles. The van der Waals surface area contributed by atoms with Crippen molar-refractivity contribution in [1.82, 2.24) is 9.13 Å². The first-order chi connectivity index (χ1) is 38.2. The van der Waals surface area contributed by atoms with Crippen LogP contribution in [0.5, 0.6) is 0 Å². The summed E-state index contributed by atoms with van der Waals surface area (Å²) in [7, 11) is 0. The van der Waals surface area contributed by atoms with E-state index in [1.54, 1.807) is 0 Å². The van der Waals surface area contributed by atoms with Gasteiger partial charge in [0.15, 0.2) is 0 Å². The summed E-state index contributed by atoms with van der Waals surface area (Å²) in [4.78, 5) is 34.3. The molecular formula is C65H44N12+2. The van der Waals surface area contributed by atoms with E-state index in [2.05, 4.69) is 208 Å². The Hall–Kier alpha value is -9.68. The van der Waals surface area contributed by atoms with Gasteiger partial charge in [0.05, 0.1) is 55.8 Å². The van der Waals surface area contributed by atoms with Crippen molar-refractivity contribution in [2.75, 3.05) is 45.8 Å². The quantitative estimate of drug-likeness (QED) is 0.165. The van der Waals surface area contributed by atoms with Crippen LogP contribution in [0.3, 0.4) is 0 Å². The number of para-hydroxylation sites is 4. The number of rotatable bonds is 4. The molecule has 1 atom stereocenters. The lowest BCUT2D eigenvalue weighted by atomic mass is 10.0. The third-order valence-electron chi connectivity index (χ3n) is 18.5. The van der Waals surface area contributed by atoms with E-state index in [1.165, 1.54) is 45.0 Å². The number of hydrogen-bond donors (Lipinski definition) is 0. The molecule has 0 amide bonds. The van der Waals surface area contributed by atoms with E-state index in [0.717, 1.165) is 164 Å².